The van der Waals surface area contributed by atoms with E-state index in [1.165, 1.54) is 12.8 Å². The van der Waals surface area contributed by atoms with Crippen LogP contribution in [-0.4, -0.2) is 35.8 Å². The third-order valence-electron chi connectivity index (χ3n) is 4.65. The monoisotopic (exact) mass is 310 g/mol. The van der Waals surface area contributed by atoms with Gasteiger partial charge in [-0.25, -0.2) is 0 Å². The Kier molecular flexibility index (Phi) is 4.97. The lowest BCUT2D eigenvalue weighted by Gasteiger charge is -2.23. The van der Waals surface area contributed by atoms with Crippen LogP contribution in [-0.2, 0) is 9.59 Å². The third kappa shape index (κ3) is 3.92. The van der Waals surface area contributed by atoms with Gasteiger partial charge in [0.1, 0.15) is 0 Å². The fraction of sp³-hybridized carbons (Fsp3) is 0.474. The summed E-state index contributed by atoms with van der Waals surface area (Å²) in [7, 11) is 0. The van der Waals surface area contributed by atoms with Crippen molar-refractivity contribution in [3.05, 3.63) is 35.9 Å². The summed E-state index contributed by atoms with van der Waals surface area (Å²) in [5.74, 6) is 5.82. The molecule has 0 spiro atoms. The summed E-state index contributed by atoms with van der Waals surface area (Å²) in [5.41, 5.74) is 0.935. The highest BCUT2D eigenvalue weighted by atomic mass is 16.2. The fourth-order valence-corrected chi connectivity index (χ4v) is 3.42. The summed E-state index contributed by atoms with van der Waals surface area (Å²) in [4.78, 5) is 26.2. The number of likely N-dealkylation sites (tertiary alicyclic amines) is 1. The molecule has 0 aromatic heterocycles. The first-order valence-corrected chi connectivity index (χ1v) is 8.35. The van der Waals surface area contributed by atoms with E-state index < -0.39 is 0 Å². The molecule has 4 heteroatoms. The zero-order valence-corrected chi connectivity index (χ0v) is 13.3. The van der Waals surface area contributed by atoms with Crippen molar-refractivity contribution in [1.29, 1.82) is 0 Å². The molecule has 1 aliphatic heterocycles. The van der Waals surface area contributed by atoms with Crippen molar-refractivity contribution in [3.8, 4) is 11.8 Å². The van der Waals surface area contributed by atoms with E-state index in [-0.39, 0.29) is 17.7 Å². The Labute approximate surface area is 137 Å². The first-order valence-electron chi connectivity index (χ1n) is 8.35. The van der Waals surface area contributed by atoms with Gasteiger partial charge in [-0.2, -0.15) is 0 Å². The molecular weight excluding hydrogens is 288 g/mol. The van der Waals surface area contributed by atoms with Crippen molar-refractivity contribution in [3.63, 3.8) is 0 Å². The van der Waals surface area contributed by atoms with Crippen LogP contribution in [0.1, 0.15) is 37.7 Å². The molecule has 2 fully saturated rings. The van der Waals surface area contributed by atoms with E-state index in [0.717, 1.165) is 18.4 Å². The average molecular weight is 310 g/mol. The molecule has 120 valence electrons. The third-order valence-corrected chi connectivity index (χ3v) is 4.65. The van der Waals surface area contributed by atoms with Crippen molar-refractivity contribution in [2.75, 3.05) is 13.1 Å². The van der Waals surface area contributed by atoms with Crippen LogP contribution in [0.2, 0.25) is 0 Å². The van der Waals surface area contributed by atoms with Gasteiger partial charge in [0, 0.05) is 24.6 Å². The molecule has 2 amide bonds. The minimum absolute atomic E-state index is 0.0544. The summed E-state index contributed by atoms with van der Waals surface area (Å²) in [6.45, 7) is 0.892. The number of carbonyl (C=O) groups is 2. The number of benzene rings is 1. The predicted octanol–water partition coefficient (Wildman–Crippen LogP) is 1.95. The van der Waals surface area contributed by atoms with Crippen LogP contribution < -0.4 is 5.32 Å². The molecule has 1 aromatic carbocycles. The van der Waals surface area contributed by atoms with E-state index >= 15 is 0 Å². The van der Waals surface area contributed by atoms with Crippen LogP contribution in [0.3, 0.4) is 0 Å². The second-order valence-electron chi connectivity index (χ2n) is 6.27. The van der Waals surface area contributed by atoms with Gasteiger partial charge in [0.05, 0.1) is 12.5 Å². The topological polar surface area (TPSA) is 49.4 Å². The summed E-state index contributed by atoms with van der Waals surface area (Å²) in [5, 5.41) is 2.84. The zero-order chi connectivity index (χ0) is 16.1. The number of rotatable bonds is 3. The fourth-order valence-electron chi connectivity index (χ4n) is 3.42. The number of nitrogens with zero attached hydrogens (tertiary/aromatic N) is 1. The molecule has 1 atom stereocenters. The van der Waals surface area contributed by atoms with Crippen LogP contribution in [0, 0.1) is 17.8 Å². The molecule has 0 radical (unpaired) electrons. The van der Waals surface area contributed by atoms with Gasteiger partial charge in [-0.3, -0.25) is 9.59 Å². The minimum atomic E-state index is -0.221. The lowest BCUT2D eigenvalue weighted by molar-refractivity contribution is -0.130. The van der Waals surface area contributed by atoms with Gasteiger partial charge >= 0.3 is 0 Å². The standard InChI is InChI=1S/C19H22N2O2/c22-18-13-16(14-21(18)17-10-4-5-11-17)19(23)20-12-6-9-15-7-2-1-3-8-15/h1-3,7-8,16-17H,4-5,10-14H2,(H,20,23). The number of hydrogen-bond donors (Lipinski definition) is 1. The quantitative estimate of drug-likeness (QED) is 0.868. The number of nitrogens with one attached hydrogen (secondary N) is 1. The number of hydrogen-bond acceptors (Lipinski definition) is 2. The van der Waals surface area contributed by atoms with Crippen molar-refractivity contribution < 1.29 is 9.59 Å². The molecule has 0 bridgehead atoms. The molecule has 23 heavy (non-hydrogen) atoms. The first kappa shape index (κ1) is 15.6. The summed E-state index contributed by atoms with van der Waals surface area (Å²) in [6, 6.07) is 10.0. The molecule has 1 saturated heterocycles. The molecule has 1 saturated carbocycles. The van der Waals surface area contributed by atoms with Gasteiger partial charge in [-0.05, 0) is 25.0 Å². The van der Waals surface area contributed by atoms with Crippen LogP contribution in [0.25, 0.3) is 0 Å². The highest BCUT2D eigenvalue weighted by Gasteiger charge is 2.38. The van der Waals surface area contributed by atoms with E-state index in [1.807, 2.05) is 35.2 Å². The van der Waals surface area contributed by atoms with Crippen molar-refractivity contribution in [1.82, 2.24) is 10.2 Å². The number of amides is 2. The lowest BCUT2D eigenvalue weighted by atomic mass is 10.1. The molecule has 1 aliphatic carbocycles. The maximum atomic E-state index is 12.2. The molecule has 2 aliphatic rings. The van der Waals surface area contributed by atoms with E-state index in [0.29, 0.717) is 25.6 Å². The predicted molar refractivity (Wildman–Crippen MR) is 88.4 cm³/mol. The van der Waals surface area contributed by atoms with Crippen LogP contribution in [0.5, 0.6) is 0 Å². The Hall–Kier alpha value is -2.28. The Bertz CT molecular complexity index is 624. The van der Waals surface area contributed by atoms with E-state index in [9.17, 15) is 9.59 Å². The second kappa shape index (κ2) is 7.32. The second-order valence-corrected chi connectivity index (χ2v) is 6.27. The Morgan fingerprint density at radius 2 is 1.96 bits per heavy atom. The van der Waals surface area contributed by atoms with Gasteiger partial charge in [-0.15, -0.1) is 0 Å². The SMILES string of the molecule is O=C(NCC#Cc1ccccc1)C1CC(=O)N(C2CCCC2)C1. The van der Waals surface area contributed by atoms with Crippen LogP contribution in [0.15, 0.2) is 30.3 Å². The molecule has 1 aromatic rings. The molecular formula is C19H22N2O2. The van der Waals surface area contributed by atoms with Gasteiger partial charge in [-0.1, -0.05) is 42.9 Å². The summed E-state index contributed by atoms with van der Waals surface area (Å²) < 4.78 is 0. The van der Waals surface area contributed by atoms with E-state index in [2.05, 4.69) is 17.2 Å². The zero-order valence-electron chi connectivity index (χ0n) is 13.3. The van der Waals surface area contributed by atoms with E-state index in [4.69, 9.17) is 0 Å². The largest absolute Gasteiger partial charge is 0.345 e. The Morgan fingerprint density at radius 1 is 1.22 bits per heavy atom. The molecule has 1 unspecified atom stereocenters. The smallest absolute Gasteiger partial charge is 0.226 e. The summed E-state index contributed by atoms with van der Waals surface area (Å²) in [6.07, 6.45) is 4.90. The lowest BCUT2D eigenvalue weighted by Crippen LogP contribution is -2.37. The first-order chi connectivity index (χ1) is 11.2. The van der Waals surface area contributed by atoms with Gasteiger partial charge in [0.2, 0.25) is 11.8 Å². The highest BCUT2D eigenvalue weighted by Crippen LogP contribution is 2.29. The van der Waals surface area contributed by atoms with Gasteiger partial charge in [0.15, 0.2) is 0 Å². The van der Waals surface area contributed by atoms with Gasteiger partial charge < -0.3 is 10.2 Å². The van der Waals surface area contributed by atoms with Crippen molar-refractivity contribution >= 4 is 11.8 Å². The number of carbonyl (C=O) groups excluding carboxylic acids is 2. The normalized spacial score (nSPS) is 21.1. The van der Waals surface area contributed by atoms with Crippen LogP contribution >= 0.6 is 0 Å². The molecule has 3 rings (SSSR count). The van der Waals surface area contributed by atoms with E-state index in [1.54, 1.807) is 0 Å². The summed E-state index contributed by atoms with van der Waals surface area (Å²) >= 11 is 0. The van der Waals surface area contributed by atoms with Crippen molar-refractivity contribution in [2.45, 2.75) is 38.1 Å². The van der Waals surface area contributed by atoms with Crippen molar-refractivity contribution in [2.24, 2.45) is 5.92 Å². The molecule has 4 nitrogen and oxygen atoms in total. The molecule has 1 heterocycles. The maximum absolute atomic E-state index is 12.2. The molecule has 1 N–H and O–H groups in total. The highest BCUT2D eigenvalue weighted by molar-refractivity contribution is 5.89. The van der Waals surface area contributed by atoms with Gasteiger partial charge in [0.25, 0.3) is 0 Å². The minimum Gasteiger partial charge on any atom is -0.345 e. The maximum Gasteiger partial charge on any atom is 0.226 e. The Balaban J connectivity index is 1.47. The van der Waals surface area contributed by atoms with Crippen LogP contribution in [0.4, 0.5) is 0 Å². The average Bonchev–Trinajstić information content (AvgIpc) is 3.21. The Morgan fingerprint density at radius 3 is 2.70 bits per heavy atom.